The largest absolute Gasteiger partial charge is 0.410 e. The first kappa shape index (κ1) is 8.08. The number of aryl methyl sites for hydroxylation is 1. The van der Waals surface area contributed by atoms with Gasteiger partial charge in [0.15, 0.2) is 5.17 Å². The first-order valence-corrected chi connectivity index (χ1v) is 3.57. The number of oxime groups is 1. The van der Waals surface area contributed by atoms with Gasteiger partial charge in [-0.1, -0.05) is 41.0 Å². The summed E-state index contributed by atoms with van der Waals surface area (Å²) in [6.45, 7) is 1.91. The van der Waals surface area contributed by atoms with Crippen LogP contribution < -0.4 is 0 Å². The molecule has 0 amide bonds. The fourth-order valence-electron chi connectivity index (χ4n) is 0.858. The standard InChI is InChI=1S/C8H8ClNO/c1-6-4-2-3-5-7(6)8(9)10-11/h2-5,11H,1H3. The van der Waals surface area contributed by atoms with Crippen molar-refractivity contribution < 1.29 is 5.21 Å². The fourth-order valence-corrected chi connectivity index (χ4v) is 1.07. The first-order valence-electron chi connectivity index (χ1n) is 3.19. The summed E-state index contributed by atoms with van der Waals surface area (Å²) < 4.78 is 0. The molecule has 0 bridgehead atoms. The summed E-state index contributed by atoms with van der Waals surface area (Å²) in [4.78, 5) is 0. The molecule has 0 heterocycles. The molecule has 0 aliphatic heterocycles. The molecule has 0 saturated heterocycles. The number of halogens is 1. The Morgan fingerprint density at radius 3 is 2.64 bits per heavy atom. The molecular formula is C8H8ClNO. The van der Waals surface area contributed by atoms with Gasteiger partial charge >= 0.3 is 0 Å². The predicted octanol–water partition coefficient (Wildman–Crippen LogP) is 2.37. The van der Waals surface area contributed by atoms with E-state index in [2.05, 4.69) is 5.16 Å². The van der Waals surface area contributed by atoms with Crippen molar-refractivity contribution in [1.29, 1.82) is 0 Å². The van der Waals surface area contributed by atoms with Crippen molar-refractivity contribution in [2.75, 3.05) is 0 Å². The number of hydrogen-bond donors (Lipinski definition) is 1. The molecule has 58 valence electrons. The van der Waals surface area contributed by atoms with Crippen LogP contribution in [0.25, 0.3) is 0 Å². The lowest BCUT2D eigenvalue weighted by Crippen LogP contribution is -1.93. The molecule has 0 fully saturated rings. The number of benzene rings is 1. The Balaban J connectivity index is 3.14. The molecule has 0 spiro atoms. The van der Waals surface area contributed by atoms with Crippen LogP contribution in [0.1, 0.15) is 11.1 Å². The number of hydrogen-bond acceptors (Lipinski definition) is 2. The lowest BCUT2D eigenvalue weighted by atomic mass is 10.1. The second kappa shape index (κ2) is 3.39. The fraction of sp³-hybridized carbons (Fsp3) is 0.125. The van der Waals surface area contributed by atoms with E-state index in [9.17, 15) is 0 Å². The predicted molar refractivity (Wildman–Crippen MR) is 45.4 cm³/mol. The molecule has 1 N–H and O–H groups in total. The number of nitrogens with zero attached hydrogens (tertiary/aromatic N) is 1. The summed E-state index contributed by atoms with van der Waals surface area (Å²) >= 11 is 5.60. The van der Waals surface area contributed by atoms with E-state index in [1.807, 2.05) is 25.1 Å². The molecular weight excluding hydrogens is 162 g/mol. The molecule has 0 aliphatic rings. The van der Waals surface area contributed by atoms with E-state index in [1.54, 1.807) is 6.07 Å². The highest BCUT2D eigenvalue weighted by atomic mass is 35.5. The smallest absolute Gasteiger partial charge is 0.175 e. The van der Waals surface area contributed by atoms with Crippen molar-refractivity contribution in [3.8, 4) is 0 Å². The second-order valence-electron chi connectivity index (χ2n) is 2.21. The van der Waals surface area contributed by atoms with Gasteiger partial charge in [0.1, 0.15) is 0 Å². The molecule has 2 nitrogen and oxygen atoms in total. The average Bonchev–Trinajstić information content (AvgIpc) is 2.04. The minimum Gasteiger partial charge on any atom is -0.410 e. The Kier molecular flexibility index (Phi) is 2.49. The van der Waals surface area contributed by atoms with Gasteiger partial charge in [-0.15, -0.1) is 0 Å². The lowest BCUT2D eigenvalue weighted by Gasteiger charge is -1.99. The summed E-state index contributed by atoms with van der Waals surface area (Å²) in [5, 5.41) is 11.4. The highest BCUT2D eigenvalue weighted by Crippen LogP contribution is 2.10. The molecule has 1 aromatic carbocycles. The first-order chi connectivity index (χ1) is 5.25. The van der Waals surface area contributed by atoms with Gasteiger partial charge in [-0.3, -0.25) is 0 Å². The summed E-state index contributed by atoms with van der Waals surface area (Å²) in [6.07, 6.45) is 0. The van der Waals surface area contributed by atoms with Crippen LogP contribution in [0.5, 0.6) is 0 Å². The molecule has 11 heavy (non-hydrogen) atoms. The van der Waals surface area contributed by atoms with E-state index in [4.69, 9.17) is 16.8 Å². The van der Waals surface area contributed by atoms with E-state index in [0.717, 1.165) is 11.1 Å². The molecule has 1 aromatic rings. The highest BCUT2D eigenvalue weighted by molar-refractivity contribution is 6.69. The van der Waals surface area contributed by atoms with Crippen LogP contribution in [-0.2, 0) is 0 Å². The molecule has 0 aliphatic carbocycles. The molecule has 0 saturated carbocycles. The van der Waals surface area contributed by atoms with Crippen LogP contribution in [0.2, 0.25) is 0 Å². The zero-order valence-corrected chi connectivity index (χ0v) is 6.84. The quantitative estimate of drug-likeness (QED) is 0.391. The summed E-state index contributed by atoms with van der Waals surface area (Å²) in [6, 6.07) is 7.45. The van der Waals surface area contributed by atoms with Gasteiger partial charge in [-0.25, -0.2) is 0 Å². The zero-order chi connectivity index (χ0) is 8.27. The van der Waals surface area contributed by atoms with Gasteiger partial charge < -0.3 is 5.21 Å². The molecule has 0 aromatic heterocycles. The van der Waals surface area contributed by atoms with Crippen LogP contribution in [-0.4, -0.2) is 10.4 Å². The maximum Gasteiger partial charge on any atom is 0.175 e. The summed E-state index contributed by atoms with van der Waals surface area (Å²) in [5.41, 5.74) is 1.76. The third-order valence-corrected chi connectivity index (χ3v) is 1.73. The van der Waals surface area contributed by atoms with Gasteiger partial charge in [0, 0.05) is 5.56 Å². The Morgan fingerprint density at radius 2 is 2.09 bits per heavy atom. The van der Waals surface area contributed by atoms with Crippen molar-refractivity contribution in [3.05, 3.63) is 35.4 Å². The Morgan fingerprint density at radius 1 is 1.45 bits per heavy atom. The van der Waals surface area contributed by atoms with Crippen LogP contribution in [0, 0.1) is 6.92 Å². The maximum absolute atomic E-state index is 8.37. The number of rotatable bonds is 1. The van der Waals surface area contributed by atoms with E-state index < -0.39 is 0 Å². The van der Waals surface area contributed by atoms with Crippen molar-refractivity contribution in [3.63, 3.8) is 0 Å². The average molecular weight is 170 g/mol. The molecule has 0 atom stereocenters. The molecule has 3 heteroatoms. The van der Waals surface area contributed by atoms with Crippen molar-refractivity contribution in [2.24, 2.45) is 5.16 Å². The summed E-state index contributed by atoms with van der Waals surface area (Å²) in [7, 11) is 0. The molecule has 0 radical (unpaired) electrons. The minimum atomic E-state index is 0.128. The third kappa shape index (κ3) is 1.71. The second-order valence-corrected chi connectivity index (χ2v) is 2.56. The Bertz CT molecular complexity index is 283. The van der Waals surface area contributed by atoms with Gasteiger partial charge in [0.2, 0.25) is 0 Å². The van der Waals surface area contributed by atoms with Gasteiger partial charge in [0.25, 0.3) is 0 Å². The van der Waals surface area contributed by atoms with E-state index in [-0.39, 0.29) is 5.17 Å². The van der Waals surface area contributed by atoms with Crippen LogP contribution >= 0.6 is 11.6 Å². The topological polar surface area (TPSA) is 32.6 Å². The van der Waals surface area contributed by atoms with E-state index in [0.29, 0.717) is 0 Å². The Labute approximate surface area is 70.1 Å². The van der Waals surface area contributed by atoms with Gasteiger partial charge in [-0.05, 0) is 12.5 Å². The Hall–Kier alpha value is -1.02. The van der Waals surface area contributed by atoms with Crippen molar-refractivity contribution in [1.82, 2.24) is 0 Å². The van der Waals surface area contributed by atoms with Crippen LogP contribution in [0.3, 0.4) is 0 Å². The van der Waals surface area contributed by atoms with Crippen LogP contribution in [0.4, 0.5) is 0 Å². The minimum absolute atomic E-state index is 0.128. The zero-order valence-electron chi connectivity index (χ0n) is 6.08. The third-order valence-electron chi connectivity index (χ3n) is 1.46. The van der Waals surface area contributed by atoms with Gasteiger partial charge in [0.05, 0.1) is 0 Å². The van der Waals surface area contributed by atoms with Gasteiger partial charge in [-0.2, -0.15) is 0 Å². The van der Waals surface area contributed by atoms with E-state index in [1.165, 1.54) is 0 Å². The molecule has 0 unspecified atom stereocenters. The normalized spacial score (nSPS) is 11.6. The molecule has 1 rings (SSSR count). The summed E-state index contributed by atoms with van der Waals surface area (Å²) in [5.74, 6) is 0. The maximum atomic E-state index is 8.37. The van der Waals surface area contributed by atoms with Crippen molar-refractivity contribution in [2.45, 2.75) is 6.92 Å². The van der Waals surface area contributed by atoms with Crippen LogP contribution in [0.15, 0.2) is 29.4 Å². The SMILES string of the molecule is Cc1ccccc1C(Cl)=NO. The monoisotopic (exact) mass is 169 g/mol. The highest BCUT2D eigenvalue weighted by Gasteiger charge is 2.01. The lowest BCUT2D eigenvalue weighted by molar-refractivity contribution is 0.321. The van der Waals surface area contributed by atoms with E-state index >= 15 is 0 Å². The van der Waals surface area contributed by atoms with Crippen molar-refractivity contribution >= 4 is 16.8 Å².